The van der Waals surface area contributed by atoms with E-state index in [4.69, 9.17) is 0 Å². The quantitative estimate of drug-likeness (QED) is 0.761. The van der Waals surface area contributed by atoms with Gasteiger partial charge in [-0.15, -0.1) is 11.3 Å². The molecular weight excluding hydrogens is 282 g/mol. The summed E-state index contributed by atoms with van der Waals surface area (Å²) in [6.45, 7) is 7.92. The van der Waals surface area contributed by atoms with Crippen LogP contribution in [0.25, 0.3) is 10.2 Å². The van der Waals surface area contributed by atoms with Crippen LogP contribution in [0.1, 0.15) is 45.1 Å². The van der Waals surface area contributed by atoms with Crippen LogP contribution in [0.15, 0.2) is 16.5 Å². The maximum atomic E-state index is 12.3. The van der Waals surface area contributed by atoms with Crippen LogP contribution in [0.2, 0.25) is 0 Å². The van der Waals surface area contributed by atoms with Gasteiger partial charge in [-0.2, -0.15) is 0 Å². The summed E-state index contributed by atoms with van der Waals surface area (Å²) in [5.74, 6) is 0. The third-order valence-corrected chi connectivity index (χ3v) is 4.88. The molecule has 0 amide bonds. The maximum absolute atomic E-state index is 12.3. The lowest BCUT2D eigenvalue weighted by Crippen LogP contribution is -2.32. The van der Waals surface area contributed by atoms with Gasteiger partial charge in [0, 0.05) is 19.1 Å². The van der Waals surface area contributed by atoms with Crippen molar-refractivity contribution in [3.05, 3.63) is 27.6 Å². The van der Waals surface area contributed by atoms with Crippen LogP contribution in [-0.4, -0.2) is 22.1 Å². The number of aromatic nitrogens is 2. The van der Waals surface area contributed by atoms with Crippen molar-refractivity contribution in [3.63, 3.8) is 0 Å². The number of unbranched alkanes of at least 4 members (excludes halogenated alkanes) is 2. The van der Waals surface area contributed by atoms with Gasteiger partial charge in [-0.25, -0.2) is 4.98 Å². The summed E-state index contributed by atoms with van der Waals surface area (Å²) >= 11 is 1.49. The van der Waals surface area contributed by atoms with E-state index in [1.807, 2.05) is 12.3 Å². The van der Waals surface area contributed by atoms with Crippen molar-refractivity contribution in [2.24, 2.45) is 0 Å². The summed E-state index contributed by atoms with van der Waals surface area (Å²) in [4.78, 5) is 16.7. The van der Waals surface area contributed by atoms with E-state index < -0.39 is 0 Å². The first-order valence-electron chi connectivity index (χ1n) is 7.80. The Kier molecular flexibility index (Phi) is 5.94. The molecule has 2 aromatic rings. The molecule has 2 heterocycles. The highest BCUT2D eigenvalue weighted by atomic mass is 32.1. The first-order valence-corrected chi connectivity index (χ1v) is 8.68. The summed E-state index contributed by atoms with van der Waals surface area (Å²) in [5, 5.41) is 5.48. The van der Waals surface area contributed by atoms with E-state index in [2.05, 4.69) is 24.1 Å². The van der Waals surface area contributed by atoms with Gasteiger partial charge in [-0.1, -0.05) is 26.2 Å². The molecule has 0 saturated heterocycles. The largest absolute Gasteiger partial charge is 0.312 e. The van der Waals surface area contributed by atoms with Crippen molar-refractivity contribution in [2.45, 2.75) is 59.0 Å². The van der Waals surface area contributed by atoms with E-state index in [0.29, 0.717) is 12.6 Å². The molecule has 0 aromatic carbocycles. The number of aryl methyl sites for hydroxylation is 1. The normalized spacial score (nSPS) is 12.9. The molecule has 1 N–H and O–H groups in total. The Labute approximate surface area is 130 Å². The lowest BCUT2D eigenvalue weighted by atomic mass is 10.1. The van der Waals surface area contributed by atoms with Crippen molar-refractivity contribution in [3.8, 4) is 0 Å². The van der Waals surface area contributed by atoms with Crippen molar-refractivity contribution in [2.75, 3.05) is 6.54 Å². The first-order chi connectivity index (χ1) is 10.1. The van der Waals surface area contributed by atoms with Crippen LogP contribution in [0.5, 0.6) is 0 Å². The van der Waals surface area contributed by atoms with E-state index in [9.17, 15) is 4.79 Å². The topological polar surface area (TPSA) is 46.9 Å². The average Bonchev–Trinajstić information content (AvgIpc) is 2.84. The van der Waals surface area contributed by atoms with E-state index >= 15 is 0 Å². The molecule has 1 unspecified atom stereocenters. The van der Waals surface area contributed by atoms with E-state index in [-0.39, 0.29) is 5.56 Å². The molecule has 2 aromatic heterocycles. The molecule has 0 saturated carbocycles. The first kappa shape index (κ1) is 16.2. The number of hydrogen-bond donors (Lipinski definition) is 1. The Hall–Kier alpha value is -1.20. The third kappa shape index (κ3) is 4.14. The number of nitrogens with zero attached hydrogens (tertiary/aromatic N) is 2. The van der Waals surface area contributed by atoms with Crippen LogP contribution in [0, 0.1) is 6.92 Å². The van der Waals surface area contributed by atoms with Gasteiger partial charge in [0.15, 0.2) is 0 Å². The van der Waals surface area contributed by atoms with Crippen LogP contribution in [-0.2, 0) is 6.54 Å². The number of nitrogens with one attached hydrogen (secondary N) is 1. The summed E-state index contributed by atoms with van der Waals surface area (Å²) in [6.07, 6.45) is 6.70. The number of thiophene rings is 1. The summed E-state index contributed by atoms with van der Waals surface area (Å²) in [5.41, 5.74) is 2.02. The highest BCUT2D eigenvalue weighted by Gasteiger charge is 2.08. The minimum absolute atomic E-state index is 0.0820. The van der Waals surface area contributed by atoms with Crippen molar-refractivity contribution >= 4 is 21.6 Å². The molecule has 5 heteroatoms. The second kappa shape index (κ2) is 7.71. The fraction of sp³-hybridized carbons (Fsp3) is 0.625. The molecule has 4 nitrogen and oxygen atoms in total. The van der Waals surface area contributed by atoms with Gasteiger partial charge in [0.25, 0.3) is 5.56 Å². The van der Waals surface area contributed by atoms with Gasteiger partial charge in [-0.05, 0) is 31.2 Å². The van der Waals surface area contributed by atoms with E-state index in [1.54, 1.807) is 10.9 Å². The number of fused-ring (bicyclic) bond motifs is 1. The van der Waals surface area contributed by atoms with Gasteiger partial charge < -0.3 is 5.32 Å². The zero-order valence-corrected chi connectivity index (χ0v) is 14.0. The fourth-order valence-electron chi connectivity index (χ4n) is 2.45. The fourth-order valence-corrected chi connectivity index (χ4v) is 3.40. The average molecular weight is 307 g/mol. The maximum Gasteiger partial charge on any atom is 0.271 e. The molecule has 116 valence electrons. The SMILES string of the molecule is CCCCCC(C)NCCn1cnc2c(C)csc2c1=O. The Morgan fingerprint density at radius 3 is 3.00 bits per heavy atom. The summed E-state index contributed by atoms with van der Waals surface area (Å²) in [6, 6.07) is 0.507. The highest BCUT2D eigenvalue weighted by molar-refractivity contribution is 7.17. The lowest BCUT2D eigenvalue weighted by Gasteiger charge is -2.14. The minimum Gasteiger partial charge on any atom is -0.312 e. The van der Waals surface area contributed by atoms with Gasteiger partial charge in [-0.3, -0.25) is 9.36 Å². The molecule has 2 rings (SSSR count). The molecule has 21 heavy (non-hydrogen) atoms. The van der Waals surface area contributed by atoms with Crippen LogP contribution < -0.4 is 10.9 Å². The number of rotatable bonds is 8. The highest BCUT2D eigenvalue weighted by Crippen LogP contribution is 2.19. The molecule has 1 atom stereocenters. The van der Waals surface area contributed by atoms with Gasteiger partial charge in [0.2, 0.25) is 0 Å². The molecule has 0 aliphatic heterocycles. The van der Waals surface area contributed by atoms with E-state index in [0.717, 1.165) is 22.3 Å². The van der Waals surface area contributed by atoms with Gasteiger partial charge in [0.05, 0.1) is 11.8 Å². The molecule has 0 radical (unpaired) electrons. The van der Waals surface area contributed by atoms with Crippen molar-refractivity contribution in [1.29, 1.82) is 0 Å². The predicted molar refractivity (Wildman–Crippen MR) is 90.2 cm³/mol. The second-order valence-corrected chi connectivity index (χ2v) is 6.57. The van der Waals surface area contributed by atoms with Crippen molar-refractivity contribution in [1.82, 2.24) is 14.9 Å². The van der Waals surface area contributed by atoms with Crippen LogP contribution in [0.3, 0.4) is 0 Å². The molecule has 0 spiro atoms. The second-order valence-electron chi connectivity index (χ2n) is 5.69. The zero-order chi connectivity index (χ0) is 15.2. The Morgan fingerprint density at radius 1 is 1.43 bits per heavy atom. The molecular formula is C16H25N3OS. The monoisotopic (exact) mass is 307 g/mol. The van der Waals surface area contributed by atoms with Crippen LogP contribution >= 0.6 is 11.3 Å². The third-order valence-electron chi connectivity index (χ3n) is 3.81. The lowest BCUT2D eigenvalue weighted by molar-refractivity contribution is 0.467. The summed E-state index contributed by atoms with van der Waals surface area (Å²) < 4.78 is 2.48. The van der Waals surface area contributed by atoms with Gasteiger partial charge >= 0.3 is 0 Å². The van der Waals surface area contributed by atoms with Crippen LogP contribution in [0.4, 0.5) is 0 Å². The Balaban J connectivity index is 1.89. The predicted octanol–water partition coefficient (Wildman–Crippen LogP) is 3.32. The van der Waals surface area contributed by atoms with Crippen molar-refractivity contribution < 1.29 is 0 Å². The Bertz CT molecular complexity index is 632. The Morgan fingerprint density at radius 2 is 2.24 bits per heavy atom. The minimum atomic E-state index is 0.0820. The molecule has 0 aliphatic rings. The number of hydrogen-bond acceptors (Lipinski definition) is 4. The smallest absolute Gasteiger partial charge is 0.271 e. The molecule has 0 aliphatic carbocycles. The summed E-state index contributed by atoms with van der Waals surface area (Å²) in [7, 11) is 0. The van der Waals surface area contributed by atoms with E-state index in [1.165, 1.54) is 37.0 Å². The standard InChI is InChI=1S/C16H25N3OS/c1-4-5-6-7-13(3)17-8-9-19-11-18-14-12(2)10-21-15(14)16(19)20/h10-11,13,17H,4-9H2,1-3H3. The van der Waals surface area contributed by atoms with Gasteiger partial charge in [0.1, 0.15) is 4.70 Å². The molecule has 0 bridgehead atoms. The zero-order valence-electron chi connectivity index (χ0n) is 13.2. The molecule has 0 fully saturated rings.